The van der Waals surface area contributed by atoms with E-state index in [1.165, 1.54) is 23.3 Å². The van der Waals surface area contributed by atoms with Crippen LogP contribution in [0.15, 0.2) is 27.4 Å². The zero-order valence-electron chi connectivity index (χ0n) is 10.9. The van der Waals surface area contributed by atoms with Gasteiger partial charge in [-0.25, -0.2) is 4.98 Å². The summed E-state index contributed by atoms with van der Waals surface area (Å²) >= 11 is 2.73. The highest BCUT2D eigenvalue weighted by Crippen LogP contribution is 2.33. The molecule has 2 rings (SSSR count). The third kappa shape index (κ3) is 3.24. The number of carbonyl (C=O) groups is 1. The summed E-state index contributed by atoms with van der Waals surface area (Å²) in [5.74, 6) is 0.681. The van der Waals surface area contributed by atoms with Crippen molar-refractivity contribution >= 4 is 34.9 Å². The molecule has 0 aliphatic heterocycles. The van der Waals surface area contributed by atoms with Crippen LogP contribution in [0, 0.1) is 6.92 Å². The van der Waals surface area contributed by atoms with E-state index in [-0.39, 0.29) is 5.91 Å². The molecule has 0 aliphatic rings. The molecule has 0 saturated heterocycles. The van der Waals surface area contributed by atoms with E-state index in [0.29, 0.717) is 11.3 Å². The van der Waals surface area contributed by atoms with Gasteiger partial charge in [0.05, 0.1) is 5.56 Å². The molecule has 0 fully saturated rings. The Balaban J connectivity index is 2.37. The highest BCUT2D eigenvalue weighted by atomic mass is 32.2. The average Bonchev–Trinajstić information content (AvgIpc) is 2.74. The molecule has 1 heterocycles. The molecule has 1 aromatic carbocycles. The van der Waals surface area contributed by atoms with Crippen molar-refractivity contribution in [3.05, 3.63) is 29.6 Å². The summed E-state index contributed by atoms with van der Waals surface area (Å²) in [6, 6.07) is 5.26. The fraction of sp³-hybridized carbons (Fsp3) is 0.250. The van der Waals surface area contributed by atoms with Crippen LogP contribution < -0.4 is 5.73 Å². The summed E-state index contributed by atoms with van der Waals surface area (Å²) in [4.78, 5) is 18.7. The van der Waals surface area contributed by atoms with Crippen LogP contribution in [-0.2, 0) is 0 Å². The Bertz CT molecular complexity index is 610. The second-order valence-electron chi connectivity index (χ2n) is 4.16. The molecule has 0 bridgehead atoms. The minimum absolute atomic E-state index is 0.0521. The van der Waals surface area contributed by atoms with E-state index in [4.69, 9.17) is 5.73 Å². The summed E-state index contributed by atoms with van der Waals surface area (Å²) in [6.45, 7) is 1.84. The Morgan fingerprint density at radius 3 is 2.74 bits per heavy atom. The first-order valence-electron chi connectivity index (χ1n) is 5.56. The van der Waals surface area contributed by atoms with Gasteiger partial charge in [-0.15, -0.1) is 0 Å². The maximum Gasteiger partial charge on any atom is 0.254 e. The quantitative estimate of drug-likeness (QED) is 0.879. The number of benzene rings is 1. The highest BCUT2D eigenvalue weighted by molar-refractivity contribution is 8.01. The van der Waals surface area contributed by atoms with E-state index in [2.05, 4.69) is 9.36 Å². The molecule has 0 radical (unpaired) electrons. The fourth-order valence-corrected chi connectivity index (χ4v) is 3.23. The number of aromatic nitrogens is 2. The molecular weight excluding hydrogens is 280 g/mol. The molecule has 19 heavy (non-hydrogen) atoms. The number of carbonyl (C=O) groups excluding carboxylic acids is 1. The fourth-order valence-electron chi connectivity index (χ4n) is 1.45. The molecule has 0 aliphatic carbocycles. The van der Waals surface area contributed by atoms with Gasteiger partial charge in [0.2, 0.25) is 0 Å². The van der Waals surface area contributed by atoms with E-state index in [0.717, 1.165) is 15.1 Å². The standard InChI is InChI=1S/C12H14N4OS2/c1-7-14-12(19-15-7)18-10-6-8(13)4-5-9(10)11(17)16(2)3/h4-6H,13H2,1-3H3. The van der Waals surface area contributed by atoms with Crippen molar-refractivity contribution in [1.82, 2.24) is 14.3 Å². The highest BCUT2D eigenvalue weighted by Gasteiger charge is 2.15. The molecule has 1 amide bonds. The van der Waals surface area contributed by atoms with Crippen LogP contribution in [0.25, 0.3) is 0 Å². The summed E-state index contributed by atoms with van der Waals surface area (Å²) in [7, 11) is 3.45. The third-order valence-corrected chi connectivity index (χ3v) is 4.25. The van der Waals surface area contributed by atoms with Crippen LogP contribution in [0.3, 0.4) is 0 Å². The van der Waals surface area contributed by atoms with Crippen molar-refractivity contribution in [3.63, 3.8) is 0 Å². The van der Waals surface area contributed by atoms with Crippen molar-refractivity contribution in [2.45, 2.75) is 16.2 Å². The SMILES string of the molecule is Cc1nsc(Sc2cc(N)ccc2C(=O)N(C)C)n1. The maximum absolute atomic E-state index is 12.1. The second-order valence-corrected chi connectivity index (χ2v) is 6.21. The van der Waals surface area contributed by atoms with Crippen LogP contribution in [-0.4, -0.2) is 34.3 Å². The van der Waals surface area contributed by atoms with Gasteiger partial charge in [0, 0.05) is 24.7 Å². The zero-order chi connectivity index (χ0) is 14.0. The predicted octanol–water partition coefficient (Wildman–Crippen LogP) is 2.28. The number of nitrogens with two attached hydrogens (primary N) is 1. The number of anilines is 1. The van der Waals surface area contributed by atoms with Gasteiger partial charge in [-0.1, -0.05) is 11.8 Å². The topological polar surface area (TPSA) is 72.1 Å². The van der Waals surface area contributed by atoms with E-state index >= 15 is 0 Å². The summed E-state index contributed by atoms with van der Waals surface area (Å²) in [5, 5.41) is 0. The maximum atomic E-state index is 12.1. The van der Waals surface area contributed by atoms with Gasteiger partial charge in [0.15, 0.2) is 4.34 Å². The molecule has 0 atom stereocenters. The minimum atomic E-state index is -0.0521. The van der Waals surface area contributed by atoms with Gasteiger partial charge in [-0.05, 0) is 36.7 Å². The first-order valence-corrected chi connectivity index (χ1v) is 7.15. The largest absolute Gasteiger partial charge is 0.399 e. The molecule has 0 unspecified atom stereocenters. The zero-order valence-corrected chi connectivity index (χ0v) is 12.5. The van der Waals surface area contributed by atoms with E-state index in [1.807, 2.05) is 6.92 Å². The van der Waals surface area contributed by atoms with Crippen LogP contribution in [0.5, 0.6) is 0 Å². The third-order valence-electron chi connectivity index (χ3n) is 2.35. The Labute approximate surface area is 120 Å². The van der Waals surface area contributed by atoms with E-state index < -0.39 is 0 Å². The lowest BCUT2D eigenvalue weighted by Gasteiger charge is -2.13. The first kappa shape index (κ1) is 13.8. The summed E-state index contributed by atoms with van der Waals surface area (Å²) in [6.07, 6.45) is 0. The number of hydrogen-bond donors (Lipinski definition) is 1. The van der Waals surface area contributed by atoms with E-state index in [1.54, 1.807) is 37.2 Å². The number of nitrogen functional groups attached to an aromatic ring is 1. The van der Waals surface area contributed by atoms with Crippen LogP contribution in [0.1, 0.15) is 16.2 Å². The Morgan fingerprint density at radius 2 is 2.16 bits per heavy atom. The Morgan fingerprint density at radius 1 is 1.42 bits per heavy atom. The average molecular weight is 294 g/mol. The minimum Gasteiger partial charge on any atom is -0.399 e. The van der Waals surface area contributed by atoms with Crippen LogP contribution in [0.4, 0.5) is 5.69 Å². The molecule has 1 aromatic heterocycles. The molecule has 2 N–H and O–H groups in total. The Kier molecular flexibility index (Phi) is 4.06. The molecule has 7 heteroatoms. The lowest BCUT2D eigenvalue weighted by molar-refractivity contribution is 0.0824. The summed E-state index contributed by atoms with van der Waals surface area (Å²) < 4.78 is 4.93. The molecule has 5 nitrogen and oxygen atoms in total. The van der Waals surface area contributed by atoms with Gasteiger partial charge in [0.1, 0.15) is 5.82 Å². The van der Waals surface area contributed by atoms with Gasteiger partial charge in [0.25, 0.3) is 5.91 Å². The summed E-state index contributed by atoms with van der Waals surface area (Å²) in [5.41, 5.74) is 7.04. The van der Waals surface area contributed by atoms with Crippen molar-refractivity contribution in [2.24, 2.45) is 0 Å². The smallest absolute Gasteiger partial charge is 0.254 e. The van der Waals surface area contributed by atoms with E-state index in [9.17, 15) is 4.79 Å². The second kappa shape index (κ2) is 5.58. The number of rotatable bonds is 3. The number of amides is 1. The lowest BCUT2D eigenvalue weighted by atomic mass is 10.2. The molecule has 2 aromatic rings. The molecule has 0 spiro atoms. The normalized spacial score (nSPS) is 10.5. The van der Waals surface area contributed by atoms with Crippen molar-refractivity contribution in [3.8, 4) is 0 Å². The number of hydrogen-bond acceptors (Lipinski definition) is 6. The number of nitrogens with zero attached hydrogens (tertiary/aromatic N) is 3. The van der Waals surface area contributed by atoms with Gasteiger partial charge in [-0.2, -0.15) is 4.37 Å². The molecular formula is C12H14N4OS2. The van der Waals surface area contributed by atoms with Crippen molar-refractivity contribution in [2.75, 3.05) is 19.8 Å². The lowest BCUT2D eigenvalue weighted by Crippen LogP contribution is -2.22. The van der Waals surface area contributed by atoms with Gasteiger partial charge in [-0.3, -0.25) is 4.79 Å². The monoisotopic (exact) mass is 294 g/mol. The molecule has 0 saturated carbocycles. The number of aryl methyl sites for hydroxylation is 1. The predicted molar refractivity (Wildman–Crippen MR) is 77.6 cm³/mol. The van der Waals surface area contributed by atoms with Gasteiger partial charge >= 0.3 is 0 Å². The van der Waals surface area contributed by atoms with Crippen LogP contribution in [0.2, 0.25) is 0 Å². The van der Waals surface area contributed by atoms with Crippen LogP contribution >= 0.6 is 23.3 Å². The first-order chi connectivity index (χ1) is 8.97. The Hall–Kier alpha value is -1.60. The molecule has 100 valence electrons. The van der Waals surface area contributed by atoms with Crippen molar-refractivity contribution < 1.29 is 4.79 Å². The van der Waals surface area contributed by atoms with Crippen molar-refractivity contribution in [1.29, 1.82) is 0 Å². The van der Waals surface area contributed by atoms with Gasteiger partial charge < -0.3 is 10.6 Å².